The molecule has 622 valence electrons. The van der Waals surface area contributed by atoms with Crippen molar-refractivity contribution in [1.29, 1.82) is 0 Å². The van der Waals surface area contributed by atoms with Crippen LogP contribution in [0, 0.1) is 0 Å². The van der Waals surface area contributed by atoms with Crippen LogP contribution >= 0.6 is 0 Å². The highest BCUT2D eigenvalue weighted by Gasteiger charge is 2.15. The number of esters is 4. The van der Waals surface area contributed by atoms with E-state index in [0.29, 0.717) is 32.3 Å². The lowest BCUT2D eigenvalue weighted by Gasteiger charge is -2.18. The van der Waals surface area contributed by atoms with Crippen molar-refractivity contribution >= 4 is 23.9 Å². The van der Waals surface area contributed by atoms with Crippen LogP contribution in [-0.2, 0) is 33.4 Å². The summed E-state index contributed by atoms with van der Waals surface area (Å²) in [6.45, 7) is 16.5. The van der Waals surface area contributed by atoms with E-state index in [4.69, 9.17) is 14.2 Å². The molecule has 7 heteroatoms. The van der Waals surface area contributed by atoms with Crippen LogP contribution in [0.4, 0.5) is 0 Å². The van der Waals surface area contributed by atoms with E-state index < -0.39 is 0 Å². The lowest BCUT2D eigenvalue weighted by Crippen LogP contribution is -2.18. The van der Waals surface area contributed by atoms with Crippen LogP contribution < -0.4 is 0 Å². The Bertz CT molecular complexity index is 1700. The van der Waals surface area contributed by atoms with Crippen molar-refractivity contribution in [3.63, 3.8) is 0 Å². The summed E-state index contributed by atoms with van der Waals surface area (Å²) in [6.07, 6.45) is 112. The number of rotatable bonds is 84. The molecule has 0 saturated carbocycles. The van der Waals surface area contributed by atoms with Crippen molar-refractivity contribution in [2.24, 2.45) is 0 Å². The largest absolute Gasteiger partial charge is 0.466 e. The summed E-state index contributed by atoms with van der Waals surface area (Å²) in [5, 5.41) is 0. The van der Waals surface area contributed by atoms with Crippen LogP contribution in [0.5, 0.6) is 0 Å². The molecule has 0 saturated heterocycles. The number of allylic oxidation sites excluding steroid dienone is 6. The van der Waals surface area contributed by atoms with Crippen molar-refractivity contribution in [3.8, 4) is 0 Å². The minimum atomic E-state index is -0.342. The van der Waals surface area contributed by atoms with Gasteiger partial charge in [-0.2, -0.15) is 0 Å². The summed E-state index contributed by atoms with van der Waals surface area (Å²) < 4.78 is 16.4. The third-order valence-electron chi connectivity index (χ3n) is 21.2. The zero-order chi connectivity index (χ0) is 76.8. The molecule has 0 N–H and O–H groups in total. The molecule has 0 spiro atoms. The van der Waals surface area contributed by atoms with E-state index in [9.17, 15) is 19.2 Å². The first-order valence-corrected chi connectivity index (χ1v) is 47.8. The third kappa shape index (κ3) is 101. The lowest BCUT2D eigenvalue weighted by atomic mass is 10.0. The average Bonchev–Trinajstić information content (AvgIpc) is 1.25. The van der Waals surface area contributed by atoms with Crippen molar-refractivity contribution in [2.75, 3.05) is 6.61 Å². The van der Waals surface area contributed by atoms with E-state index in [2.05, 4.69) is 84.9 Å². The van der Waals surface area contributed by atoms with Crippen LogP contribution in [0.1, 0.15) is 556 Å². The molecule has 0 fully saturated rings. The van der Waals surface area contributed by atoms with Gasteiger partial charge in [-0.3, -0.25) is 19.2 Å². The number of hydrogen-bond acceptors (Lipinski definition) is 7. The van der Waals surface area contributed by atoms with Crippen LogP contribution in [0.15, 0.2) is 36.5 Å². The minimum absolute atomic E-state index is 0.00979. The van der Waals surface area contributed by atoms with Gasteiger partial charge in [-0.1, -0.05) is 432 Å². The van der Waals surface area contributed by atoms with E-state index >= 15 is 0 Å². The summed E-state index contributed by atoms with van der Waals surface area (Å²) in [5.41, 5.74) is 0. The molecule has 0 aromatic rings. The van der Waals surface area contributed by atoms with Crippen LogP contribution in [0.3, 0.4) is 0 Å². The Kier molecular flexibility index (Phi) is 101. The zero-order valence-electron chi connectivity index (χ0n) is 72.5. The molecule has 0 aromatic carbocycles. The Morgan fingerprint density at radius 2 is 0.381 bits per heavy atom. The van der Waals surface area contributed by atoms with Gasteiger partial charge in [0.15, 0.2) is 0 Å². The van der Waals surface area contributed by atoms with Gasteiger partial charge < -0.3 is 14.2 Å². The SMILES string of the molecule is CCCCCCCC/C=C\CCCCCCCC(=O)OC(=O)CCCCCCC/C=C\CCCCCCCC.CCCCCCCC/C=C\CCCCCCCC(=O)OCCCCCCCCCC.CCCCCCCCCCCCCC(=O)OC(CCCCCCCC)CCCCCCCCCCC. The molecular formula is C98H188O7. The number of unbranched alkanes of at least 4 members (excludes halogenated alkanes) is 63. The Morgan fingerprint density at radius 1 is 0.200 bits per heavy atom. The average molecular weight is 1480 g/mol. The number of carbonyl (C=O) groups excluding carboxylic acids is 4. The van der Waals surface area contributed by atoms with E-state index in [1.54, 1.807) is 0 Å². The normalized spacial score (nSPS) is 11.8. The van der Waals surface area contributed by atoms with Crippen LogP contribution in [-0.4, -0.2) is 36.6 Å². The highest BCUT2D eigenvalue weighted by atomic mass is 16.6. The van der Waals surface area contributed by atoms with Gasteiger partial charge in [0.2, 0.25) is 0 Å². The monoisotopic (exact) mass is 1480 g/mol. The molecular weight excluding hydrogens is 1290 g/mol. The first kappa shape index (κ1) is 106. The fraction of sp³-hybridized carbons (Fsp3) is 0.898. The van der Waals surface area contributed by atoms with Gasteiger partial charge >= 0.3 is 23.9 Å². The maximum atomic E-state index is 12.5. The Labute approximate surface area is 658 Å². The van der Waals surface area contributed by atoms with E-state index in [0.717, 1.165) is 77.0 Å². The second-order valence-corrected chi connectivity index (χ2v) is 32.1. The second-order valence-electron chi connectivity index (χ2n) is 32.1. The van der Waals surface area contributed by atoms with Gasteiger partial charge in [-0.05, 0) is 135 Å². The van der Waals surface area contributed by atoms with Gasteiger partial charge in [0.25, 0.3) is 0 Å². The molecule has 0 heterocycles. The summed E-state index contributed by atoms with van der Waals surface area (Å²) in [5.74, 6) is -0.607. The summed E-state index contributed by atoms with van der Waals surface area (Å²) in [6, 6.07) is 0. The van der Waals surface area contributed by atoms with E-state index in [1.807, 2.05) is 0 Å². The first-order valence-electron chi connectivity index (χ1n) is 47.8. The van der Waals surface area contributed by atoms with Crippen molar-refractivity contribution in [3.05, 3.63) is 36.5 Å². The fourth-order valence-electron chi connectivity index (χ4n) is 14.0. The summed E-state index contributed by atoms with van der Waals surface area (Å²) >= 11 is 0. The molecule has 0 aliphatic carbocycles. The van der Waals surface area contributed by atoms with E-state index in [1.165, 1.54) is 405 Å². The molecule has 0 aliphatic rings. The fourth-order valence-corrected chi connectivity index (χ4v) is 14.0. The van der Waals surface area contributed by atoms with Gasteiger partial charge in [0.1, 0.15) is 6.10 Å². The number of ether oxygens (including phenoxy) is 3. The maximum absolute atomic E-state index is 12.5. The van der Waals surface area contributed by atoms with Gasteiger partial charge in [-0.25, -0.2) is 0 Å². The molecule has 0 radical (unpaired) electrons. The van der Waals surface area contributed by atoms with Gasteiger partial charge in [0.05, 0.1) is 6.61 Å². The maximum Gasteiger partial charge on any atom is 0.313 e. The van der Waals surface area contributed by atoms with Gasteiger partial charge in [-0.15, -0.1) is 0 Å². The molecule has 0 rings (SSSR count). The zero-order valence-corrected chi connectivity index (χ0v) is 72.5. The quantitative estimate of drug-likeness (QED) is 0.0197. The number of carbonyl (C=O) groups is 4. The molecule has 0 bridgehead atoms. The summed E-state index contributed by atoms with van der Waals surface area (Å²) in [7, 11) is 0. The smallest absolute Gasteiger partial charge is 0.313 e. The molecule has 0 aliphatic heterocycles. The predicted molar refractivity (Wildman–Crippen MR) is 464 cm³/mol. The lowest BCUT2D eigenvalue weighted by molar-refractivity contribution is -0.160. The highest BCUT2D eigenvalue weighted by molar-refractivity contribution is 5.85. The van der Waals surface area contributed by atoms with E-state index in [-0.39, 0.29) is 30.0 Å². The summed E-state index contributed by atoms with van der Waals surface area (Å²) in [4.78, 5) is 48.1. The van der Waals surface area contributed by atoms with Crippen molar-refractivity contribution in [1.82, 2.24) is 0 Å². The molecule has 105 heavy (non-hydrogen) atoms. The van der Waals surface area contributed by atoms with Crippen molar-refractivity contribution < 1.29 is 33.4 Å². The highest BCUT2D eigenvalue weighted by Crippen LogP contribution is 2.21. The molecule has 7 nitrogen and oxygen atoms in total. The van der Waals surface area contributed by atoms with Crippen LogP contribution in [0.25, 0.3) is 0 Å². The number of hydrogen-bond donors (Lipinski definition) is 0. The molecule has 0 aromatic heterocycles. The van der Waals surface area contributed by atoms with Gasteiger partial charge in [0, 0.05) is 25.7 Å². The molecule has 0 amide bonds. The van der Waals surface area contributed by atoms with Crippen LogP contribution in [0.2, 0.25) is 0 Å². The topological polar surface area (TPSA) is 96.0 Å². The van der Waals surface area contributed by atoms with Crippen molar-refractivity contribution in [2.45, 2.75) is 562 Å². The first-order chi connectivity index (χ1) is 51.7. The Morgan fingerprint density at radius 3 is 0.619 bits per heavy atom. The Balaban J connectivity index is -0.00000150. The minimum Gasteiger partial charge on any atom is -0.466 e. The predicted octanol–water partition coefficient (Wildman–Crippen LogP) is 34.1. The molecule has 1 atom stereocenters. The second kappa shape index (κ2) is 99.3. The third-order valence-corrected chi connectivity index (χ3v) is 21.2. The molecule has 1 unspecified atom stereocenters. The Hall–Kier alpha value is -2.70. The standard InChI is InChI=1S/C36H66O3.C34H68O2.C28H54O2/c1-3-5-7-9-11-13-15-17-19-21-23-25-27-29-31-33-35(37)39-36(38)34-32-30-28-26-24-22-20-18-16-14-12-10-8-6-4-2;1-4-7-10-13-16-18-19-21-23-26-29-32-34(35)36-33(30-27-24-15-12-9-6-3)31-28-25-22-20-17-14-11-8-5-2;1-3-5-7-9-11-13-14-15-16-17-18-19-20-22-24-26-28(29)30-27-25-23-21-12-10-8-6-4-2/h17-20H,3-16,21-34H2,1-2H3;33H,4-32H2,1-3H3;15-16H,3-14,17-27H2,1-2H3/b19-17-,20-18-;;16-15-.